The Kier molecular flexibility index (Phi) is 5.35. The molecule has 1 heterocycles. The van der Waals surface area contributed by atoms with Crippen molar-refractivity contribution in [2.45, 2.75) is 25.7 Å². The van der Waals surface area contributed by atoms with E-state index in [9.17, 15) is 9.18 Å². The van der Waals surface area contributed by atoms with Gasteiger partial charge in [-0.15, -0.1) is 0 Å². The van der Waals surface area contributed by atoms with Crippen LogP contribution in [0.15, 0.2) is 18.2 Å². The summed E-state index contributed by atoms with van der Waals surface area (Å²) in [5.41, 5.74) is 0.557. The molecule has 0 unspecified atom stereocenters. The molecule has 0 aliphatic carbocycles. The molecule has 1 fully saturated rings. The molecular weight excluding hydrogens is 261 g/mol. The van der Waals surface area contributed by atoms with Crippen LogP contribution in [-0.2, 0) is 16.0 Å². The fraction of sp³-hybridized carbons (Fsp3) is 0.533. The van der Waals surface area contributed by atoms with Gasteiger partial charge in [0.1, 0.15) is 0 Å². The summed E-state index contributed by atoms with van der Waals surface area (Å²) in [7, 11) is 0. The van der Waals surface area contributed by atoms with Crippen molar-refractivity contribution >= 4 is 5.91 Å². The first-order chi connectivity index (χ1) is 9.65. The van der Waals surface area contributed by atoms with Crippen LogP contribution in [0.25, 0.3) is 0 Å². The number of amides is 1. The number of phenols is 1. The first kappa shape index (κ1) is 14.8. The molecule has 110 valence electrons. The van der Waals surface area contributed by atoms with Crippen LogP contribution >= 0.6 is 0 Å². The minimum absolute atomic E-state index is 0.127. The van der Waals surface area contributed by atoms with E-state index in [-0.39, 0.29) is 12.3 Å². The third-order valence-corrected chi connectivity index (χ3v) is 3.51. The number of benzene rings is 1. The molecule has 1 amide bonds. The van der Waals surface area contributed by atoms with Gasteiger partial charge in [0.2, 0.25) is 5.91 Å². The van der Waals surface area contributed by atoms with Crippen molar-refractivity contribution < 1.29 is 19.0 Å². The predicted octanol–water partition coefficient (Wildman–Crippen LogP) is 2.01. The Balaban J connectivity index is 1.65. The van der Waals surface area contributed by atoms with Gasteiger partial charge < -0.3 is 15.2 Å². The van der Waals surface area contributed by atoms with E-state index < -0.39 is 11.6 Å². The monoisotopic (exact) mass is 281 g/mol. The topological polar surface area (TPSA) is 58.6 Å². The van der Waals surface area contributed by atoms with E-state index >= 15 is 0 Å². The van der Waals surface area contributed by atoms with Crippen LogP contribution in [-0.4, -0.2) is 30.8 Å². The Hall–Kier alpha value is -1.62. The summed E-state index contributed by atoms with van der Waals surface area (Å²) in [6.07, 6.45) is 3.24. The summed E-state index contributed by atoms with van der Waals surface area (Å²) in [4.78, 5) is 11.7. The number of ether oxygens (including phenoxy) is 1. The average Bonchev–Trinajstić information content (AvgIpc) is 2.92. The normalized spacial score (nSPS) is 18.1. The molecular formula is C15H20FNO3. The Morgan fingerprint density at radius 2 is 2.35 bits per heavy atom. The number of rotatable bonds is 6. The maximum Gasteiger partial charge on any atom is 0.224 e. The Morgan fingerprint density at radius 1 is 1.50 bits per heavy atom. The number of hydrogen-bond acceptors (Lipinski definition) is 3. The zero-order valence-corrected chi connectivity index (χ0v) is 11.4. The van der Waals surface area contributed by atoms with E-state index in [1.807, 2.05) is 0 Å². The van der Waals surface area contributed by atoms with Gasteiger partial charge in [0.05, 0.1) is 6.42 Å². The SMILES string of the molecule is O=C(Cc1ccc(O)c(F)c1)NCCC[C@@H]1CCOC1. The molecule has 2 rings (SSSR count). The molecule has 0 spiro atoms. The lowest BCUT2D eigenvalue weighted by molar-refractivity contribution is -0.120. The summed E-state index contributed by atoms with van der Waals surface area (Å²) >= 11 is 0. The van der Waals surface area contributed by atoms with E-state index in [2.05, 4.69) is 5.32 Å². The van der Waals surface area contributed by atoms with Crippen LogP contribution in [0.5, 0.6) is 5.75 Å². The molecule has 0 aromatic heterocycles. The quantitative estimate of drug-likeness (QED) is 0.784. The summed E-state index contributed by atoms with van der Waals surface area (Å²) in [5.74, 6) is -0.597. The minimum atomic E-state index is -0.698. The zero-order chi connectivity index (χ0) is 14.4. The Bertz CT molecular complexity index is 458. The molecule has 0 saturated carbocycles. The molecule has 1 atom stereocenters. The number of halogens is 1. The van der Waals surface area contributed by atoms with Crippen molar-refractivity contribution in [2.24, 2.45) is 5.92 Å². The molecule has 0 bridgehead atoms. The average molecular weight is 281 g/mol. The standard InChI is InChI=1S/C15H20FNO3/c16-13-8-12(3-4-14(13)18)9-15(19)17-6-1-2-11-5-7-20-10-11/h3-4,8,11,18H,1-2,5-7,9-10H2,(H,17,19)/t11-/m1/s1. The summed E-state index contributed by atoms with van der Waals surface area (Å²) in [5, 5.41) is 11.9. The highest BCUT2D eigenvalue weighted by Crippen LogP contribution is 2.18. The second-order valence-corrected chi connectivity index (χ2v) is 5.18. The molecule has 4 nitrogen and oxygen atoms in total. The van der Waals surface area contributed by atoms with Crippen molar-refractivity contribution in [3.8, 4) is 5.75 Å². The molecule has 1 aromatic carbocycles. The number of aromatic hydroxyl groups is 1. The summed E-state index contributed by atoms with van der Waals surface area (Å²) < 4.78 is 18.4. The Labute approximate surface area is 117 Å². The Morgan fingerprint density at radius 3 is 3.05 bits per heavy atom. The lowest BCUT2D eigenvalue weighted by Crippen LogP contribution is -2.26. The molecule has 20 heavy (non-hydrogen) atoms. The number of hydrogen-bond donors (Lipinski definition) is 2. The third kappa shape index (κ3) is 4.49. The van der Waals surface area contributed by atoms with Crippen LogP contribution < -0.4 is 5.32 Å². The zero-order valence-electron chi connectivity index (χ0n) is 11.4. The summed E-state index contributed by atoms with van der Waals surface area (Å²) in [6.45, 7) is 2.32. The number of carbonyl (C=O) groups is 1. The number of carbonyl (C=O) groups excluding carboxylic acids is 1. The lowest BCUT2D eigenvalue weighted by Gasteiger charge is -2.08. The van der Waals surface area contributed by atoms with Crippen LogP contribution in [0, 0.1) is 11.7 Å². The van der Waals surface area contributed by atoms with Crippen LogP contribution in [0.2, 0.25) is 0 Å². The van der Waals surface area contributed by atoms with Crippen molar-refractivity contribution in [1.82, 2.24) is 5.32 Å². The molecule has 2 N–H and O–H groups in total. The van der Waals surface area contributed by atoms with E-state index in [4.69, 9.17) is 9.84 Å². The molecule has 1 aliphatic rings. The van der Waals surface area contributed by atoms with Gasteiger partial charge >= 0.3 is 0 Å². The third-order valence-electron chi connectivity index (χ3n) is 3.51. The first-order valence-corrected chi connectivity index (χ1v) is 6.97. The lowest BCUT2D eigenvalue weighted by atomic mass is 10.0. The number of phenolic OH excluding ortho intramolecular Hbond substituents is 1. The molecule has 5 heteroatoms. The van der Waals surface area contributed by atoms with Crippen LogP contribution in [0.1, 0.15) is 24.8 Å². The number of nitrogens with one attached hydrogen (secondary N) is 1. The van der Waals surface area contributed by atoms with Gasteiger partial charge in [-0.3, -0.25) is 4.79 Å². The highest BCUT2D eigenvalue weighted by Gasteiger charge is 2.14. The van der Waals surface area contributed by atoms with Gasteiger partial charge in [-0.05, 0) is 42.9 Å². The molecule has 1 saturated heterocycles. The smallest absolute Gasteiger partial charge is 0.224 e. The highest BCUT2D eigenvalue weighted by atomic mass is 19.1. The second-order valence-electron chi connectivity index (χ2n) is 5.18. The van der Waals surface area contributed by atoms with Gasteiger partial charge in [-0.2, -0.15) is 0 Å². The molecule has 0 radical (unpaired) electrons. The summed E-state index contributed by atoms with van der Waals surface area (Å²) in [6, 6.07) is 4.00. The van der Waals surface area contributed by atoms with E-state index in [1.165, 1.54) is 12.1 Å². The van der Waals surface area contributed by atoms with E-state index in [0.29, 0.717) is 18.0 Å². The fourth-order valence-electron chi connectivity index (χ4n) is 2.34. The van der Waals surface area contributed by atoms with E-state index in [1.54, 1.807) is 6.07 Å². The fourth-order valence-corrected chi connectivity index (χ4v) is 2.34. The van der Waals surface area contributed by atoms with Crippen LogP contribution in [0.3, 0.4) is 0 Å². The predicted molar refractivity (Wildman–Crippen MR) is 72.9 cm³/mol. The van der Waals surface area contributed by atoms with Gasteiger partial charge in [-0.1, -0.05) is 6.07 Å². The van der Waals surface area contributed by atoms with Gasteiger partial charge in [0.25, 0.3) is 0 Å². The second kappa shape index (κ2) is 7.24. The maximum absolute atomic E-state index is 13.1. The maximum atomic E-state index is 13.1. The van der Waals surface area contributed by atoms with Crippen molar-refractivity contribution in [1.29, 1.82) is 0 Å². The van der Waals surface area contributed by atoms with Crippen molar-refractivity contribution in [3.63, 3.8) is 0 Å². The van der Waals surface area contributed by atoms with Gasteiger partial charge in [0.15, 0.2) is 11.6 Å². The van der Waals surface area contributed by atoms with Crippen LogP contribution in [0.4, 0.5) is 4.39 Å². The largest absolute Gasteiger partial charge is 0.505 e. The van der Waals surface area contributed by atoms with E-state index in [0.717, 1.165) is 32.5 Å². The van der Waals surface area contributed by atoms with Crippen molar-refractivity contribution in [3.05, 3.63) is 29.6 Å². The highest BCUT2D eigenvalue weighted by molar-refractivity contribution is 5.78. The van der Waals surface area contributed by atoms with Gasteiger partial charge in [-0.25, -0.2) is 4.39 Å². The van der Waals surface area contributed by atoms with Crippen molar-refractivity contribution in [2.75, 3.05) is 19.8 Å². The first-order valence-electron chi connectivity index (χ1n) is 6.97. The minimum Gasteiger partial charge on any atom is -0.505 e. The van der Waals surface area contributed by atoms with Gasteiger partial charge in [0, 0.05) is 19.8 Å². The molecule has 1 aromatic rings. The molecule has 1 aliphatic heterocycles.